The minimum absolute atomic E-state index is 0. The molecule has 0 spiro atoms. The van der Waals surface area contributed by atoms with Gasteiger partial charge in [-0.25, -0.2) is 9.97 Å². The molecule has 0 aliphatic heterocycles. The summed E-state index contributed by atoms with van der Waals surface area (Å²) < 4.78 is 0. The van der Waals surface area contributed by atoms with Crippen LogP contribution in [0.1, 0.15) is 21.0 Å². The van der Waals surface area contributed by atoms with Crippen molar-refractivity contribution < 1.29 is 123 Å². The van der Waals surface area contributed by atoms with Gasteiger partial charge in [0.05, 0.1) is 34.4 Å². The molecule has 22 heavy (non-hydrogen) atoms. The topological polar surface area (TPSA) is 106 Å². The van der Waals surface area contributed by atoms with Gasteiger partial charge in [-0.1, -0.05) is 24.3 Å². The summed E-state index contributed by atoms with van der Waals surface area (Å²) in [5.41, 5.74) is 0.163. The van der Waals surface area contributed by atoms with E-state index >= 15 is 0 Å². The Morgan fingerprint density at radius 1 is 0.682 bits per heavy atom. The summed E-state index contributed by atoms with van der Waals surface area (Å²) in [6.45, 7) is 0. The summed E-state index contributed by atoms with van der Waals surface area (Å²) in [5.74, 6) is -2.81. The Labute approximate surface area is 210 Å². The van der Waals surface area contributed by atoms with E-state index in [4.69, 9.17) is 0 Å². The van der Waals surface area contributed by atoms with Crippen molar-refractivity contribution in [2.24, 2.45) is 0 Å². The van der Waals surface area contributed by atoms with E-state index in [0.29, 0.717) is 21.8 Å². The molecule has 0 saturated carbocycles. The number of nitrogens with zero attached hydrogens (tertiary/aromatic N) is 2. The van der Waals surface area contributed by atoms with Crippen LogP contribution in [0.3, 0.4) is 0 Å². The molecule has 3 aromatic rings. The van der Waals surface area contributed by atoms with E-state index in [1.54, 1.807) is 24.3 Å². The fourth-order valence-corrected chi connectivity index (χ4v) is 2.00. The first kappa shape index (κ1) is 20.3. The average Bonchev–Trinajstić information content (AvgIpc) is 2.45. The van der Waals surface area contributed by atoms with Gasteiger partial charge in [-0.3, -0.25) is 0 Å². The Hall–Kier alpha value is 0.253. The molecule has 0 atom stereocenters. The molecule has 0 aliphatic rings. The Balaban J connectivity index is 0.00000121. The Kier molecular flexibility index (Phi) is 7.73. The number of carbonyl (C=O) groups excluding carboxylic acids is 2. The molecule has 0 bridgehead atoms. The first-order valence-electron chi connectivity index (χ1n) is 5.69. The summed E-state index contributed by atoms with van der Waals surface area (Å²) in [5, 5.41) is 23.0. The molecule has 98 valence electrons. The van der Waals surface area contributed by atoms with Crippen molar-refractivity contribution in [1.29, 1.82) is 0 Å². The number of fused-ring (bicyclic) bond motifs is 3. The van der Waals surface area contributed by atoms with Gasteiger partial charge in [-0.2, -0.15) is 0 Å². The van der Waals surface area contributed by atoms with Crippen molar-refractivity contribution in [1.82, 2.24) is 9.97 Å². The van der Waals surface area contributed by atoms with Crippen LogP contribution in [0.4, 0.5) is 0 Å². The number of rotatable bonds is 2. The Morgan fingerprint density at radius 3 is 1.32 bits per heavy atom. The number of pyridine rings is 2. The van der Waals surface area contributed by atoms with E-state index in [9.17, 15) is 19.8 Å². The van der Waals surface area contributed by atoms with Gasteiger partial charge in [0.2, 0.25) is 0 Å². The molecule has 3 rings (SSSR count). The molecule has 1 aromatic carbocycles. The molecule has 0 saturated heterocycles. The van der Waals surface area contributed by atoms with Gasteiger partial charge >= 0.3 is 103 Å². The molecule has 0 radical (unpaired) electrons. The fourth-order valence-electron chi connectivity index (χ4n) is 2.00. The first-order chi connectivity index (χ1) is 9.56. The molecule has 0 unspecified atom stereocenters. The monoisotopic (exact) mass is 344 g/mol. The summed E-state index contributed by atoms with van der Waals surface area (Å²) in [7, 11) is 0. The average molecular weight is 344 g/mol. The van der Waals surface area contributed by atoms with E-state index in [2.05, 4.69) is 9.97 Å². The number of aromatic carboxylic acids is 2. The van der Waals surface area contributed by atoms with Crippen LogP contribution in [0.2, 0.25) is 0 Å². The summed E-state index contributed by atoms with van der Waals surface area (Å²) in [6.07, 6.45) is 0. The van der Waals surface area contributed by atoms with Crippen LogP contribution < -0.4 is 113 Å². The van der Waals surface area contributed by atoms with Crippen LogP contribution in [0, 0.1) is 0 Å². The van der Waals surface area contributed by atoms with Crippen molar-refractivity contribution in [2.45, 2.75) is 0 Å². The van der Waals surface area contributed by atoms with Crippen molar-refractivity contribution in [3.8, 4) is 0 Å². The van der Waals surface area contributed by atoms with E-state index in [0.717, 1.165) is 0 Å². The minimum Gasteiger partial charge on any atom is -0.543 e. The molecule has 0 amide bonds. The van der Waals surface area contributed by atoms with E-state index in [1.165, 1.54) is 12.1 Å². The second kappa shape index (κ2) is 8.38. The third-order valence-corrected chi connectivity index (χ3v) is 2.94. The van der Waals surface area contributed by atoms with Crippen LogP contribution in [0.15, 0.2) is 36.4 Å². The number of hydrogen-bond donors (Lipinski definition) is 0. The van der Waals surface area contributed by atoms with E-state index in [1.807, 2.05) is 0 Å². The smallest absolute Gasteiger partial charge is 0.543 e. The number of carboxylic acids is 2. The van der Waals surface area contributed by atoms with Crippen molar-refractivity contribution in [2.75, 3.05) is 0 Å². The predicted molar refractivity (Wildman–Crippen MR) is 65.7 cm³/mol. The molecule has 8 heteroatoms. The Bertz CT molecular complexity index is 810. The summed E-state index contributed by atoms with van der Waals surface area (Å²) >= 11 is 0. The van der Waals surface area contributed by atoms with Gasteiger partial charge in [0.15, 0.2) is 0 Å². The van der Waals surface area contributed by atoms with Gasteiger partial charge in [0.25, 0.3) is 0 Å². The molecule has 2 heterocycles. The SMILES string of the molecule is O=C([O-])c1ccc2ccc3ccc(C(=O)[O-])nc3c2n1.[K+].[K+]. The van der Waals surface area contributed by atoms with Gasteiger partial charge in [-0.15, -0.1) is 0 Å². The van der Waals surface area contributed by atoms with Crippen LogP contribution in [0.5, 0.6) is 0 Å². The van der Waals surface area contributed by atoms with Gasteiger partial charge in [0, 0.05) is 10.8 Å². The number of carbonyl (C=O) groups is 2. The van der Waals surface area contributed by atoms with Crippen molar-refractivity contribution in [3.05, 3.63) is 47.8 Å². The molecule has 2 aromatic heterocycles. The number of aromatic nitrogens is 2. The summed E-state index contributed by atoms with van der Waals surface area (Å²) in [6, 6.07) is 9.30. The molecule has 0 aliphatic carbocycles. The van der Waals surface area contributed by atoms with Gasteiger partial charge in [-0.05, 0) is 12.1 Å². The number of benzene rings is 1. The van der Waals surface area contributed by atoms with Crippen LogP contribution >= 0.6 is 0 Å². The number of carboxylic acid groups (broad SMARTS) is 2. The summed E-state index contributed by atoms with van der Waals surface area (Å²) in [4.78, 5) is 29.6. The largest absolute Gasteiger partial charge is 1.00 e. The second-order valence-corrected chi connectivity index (χ2v) is 4.18. The van der Waals surface area contributed by atoms with Crippen LogP contribution in [-0.2, 0) is 0 Å². The van der Waals surface area contributed by atoms with Gasteiger partial charge < -0.3 is 19.8 Å². The molecule has 6 nitrogen and oxygen atoms in total. The standard InChI is InChI=1S/C14H8N2O4.2K/c17-13(18)9-5-3-7-1-2-8-4-6-10(14(19)20)16-12(8)11(7)15-9;;/h1-6H,(H,17,18)(H,19,20);;/q;2*+1/p-2. The minimum atomic E-state index is -1.40. The van der Waals surface area contributed by atoms with E-state index < -0.39 is 11.9 Å². The zero-order valence-electron chi connectivity index (χ0n) is 12.0. The normalized spacial score (nSPS) is 9.82. The predicted octanol–water partition coefficient (Wildman–Crippen LogP) is -6.48. The van der Waals surface area contributed by atoms with Crippen molar-refractivity contribution in [3.63, 3.8) is 0 Å². The zero-order chi connectivity index (χ0) is 14.3. The molecule has 0 N–H and O–H groups in total. The zero-order valence-corrected chi connectivity index (χ0v) is 18.2. The second-order valence-electron chi connectivity index (χ2n) is 4.18. The molecular formula is C14H6K2N2O4. The van der Waals surface area contributed by atoms with Gasteiger partial charge in [0.1, 0.15) is 0 Å². The fraction of sp³-hybridized carbons (Fsp3) is 0. The van der Waals surface area contributed by atoms with Crippen LogP contribution in [-0.4, -0.2) is 21.9 Å². The maximum absolute atomic E-state index is 10.9. The third-order valence-electron chi connectivity index (χ3n) is 2.94. The maximum atomic E-state index is 10.9. The first-order valence-corrected chi connectivity index (χ1v) is 5.69. The van der Waals surface area contributed by atoms with Crippen LogP contribution in [0.25, 0.3) is 21.8 Å². The number of hydrogen-bond acceptors (Lipinski definition) is 6. The maximum Gasteiger partial charge on any atom is 1.00 e. The molecular weight excluding hydrogens is 338 g/mol. The van der Waals surface area contributed by atoms with Crippen molar-refractivity contribution >= 4 is 33.7 Å². The third kappa shape index (κ3) is 4.01. The Morgan fingerprint density at radius 2 is 1.00 bits per heavy atom. The molecule has 0 fully saturated rings. The van der Waals surface area contributed by atoms with E-state index in [-0.39, 0.29) is 114 Å². The quantitative estimate of drug-likeness (QED) is 0.338.